The average Bonchev–Trinajstić information content (AvgIpc) is 2.87. The third kappa shape index (κ3) is 4.64. The summed E-state index contributed by atoms with van der Waals surface area (Å²) in [4.78, 5) is 30.9. The SMILES string of the molecule is COc1ccccc1C(C)(CNC(=O)c1c(C)c(-c2ccccc2)nc2ccc(Br)cc12)C(=O)O. The summed E-state index contributed by atoms with van der Waals surface area (Å²) >= 11 is 3.49. The van der Waals surface area contributed by atoms with Crippen LogP contribution in [0.3, 0.4) is 0 Å². The molecule has 6 nitrogen and oxygen atoms in total. The second kappa shape index (κ2) is 9.88. The number of methoxy groups -OCH3 is 1. The molecule has 0 spiro atoms. The first-order valence-electron chi connectivity index (χ1n) is 11.1. The van der Waals surface area contributed by atoms with Crippen LogP contribution in [-0.4, -0.2) is 35.6 Å². The fraction of sp³-hybridized carbons (Fsp3) is 0.179. The number of ether oxygens (including phenoxy) is 1. The molecule has 3 aromatic carbocycles. The predicted octanol–water partition coefficient (Wildman–Crippen LogP) is 5.75. The number of pyridine rings is 1. The van der Waals surface area contributed by atoms with Crippen molar-refractivity contribution < 1.29 is 19.4 Å². The minimum Gasteiger partial charge on any atom is -0.496 e. The Bertz CT molecular complexity index is 1420. The molecule has 1 heterocycles. The molecule has 1 unspecified atom stereocenters. The summed E-state index contributed by atoms with van der Waals surface area (Å²) in [5, 5.41) is 13.7. The number of carbonyl (C=O) groups is 2. The highest BCUT2D eigenvalue weighted by atomic mass is 79.9. The van der Waals surface area contributed by atoms with E-state index in [1.54, 1.807) is 31.2 Å². The van der Waals surface area contributed by atoms with Gasteiger partial charge in [-0.2, -0.15) is 0 Å². The zero-order valence-electron chi connectivity index (χ0n) is 19.6. The van der Waals surface area contributed by atoms with Crippen LogP contribution >= 0.6 is 15.9 Å². The number of nitrogens with zero attached hydrogens (tertiary/aromatic N) is 1. The Hall–Kier alpha value is -3.71. The highest BCUT2D eigenvalue weighted by Gasteiger charge is 2.38. The van der Waals surface area contributed by atoms with E-state index >= 15 is 0 Å². The maximum Gasteiger partial charge on any atom is 0.315 e. The Morgan fingerprint density at radius 3 is 2.43 bits per heavy atom. The number of rotatable bonds is 7. The van der Waals surface area contributed by atoms with E-state index in [0.717, 1.165) is 10.0 Å². The standard InChI is InChI=1S/C28H25BrN2O4/c1-17-24(20-15-19(29)13-14-22(20)31-25(17)18-9-5-4-6-10-18)26(32)30-16-28(2,27(33)34)21-11-7-8-12-23(21)35-3/h4-15H,16H2,1-3H3,(H,30,32)(H,33,34). The van der Waals surface area contributed by atoms with Gasteiger partial charge in [-0.05, 0) is 43.7 Å². The molecule has 0 saturated carbocycles. The lowest BCUT2D eigenvalue weighted by atomic mass is 9.81. The number of carboxylic acid groups (broad SMARTS) is 1. The molecular formula is C28H25BrN2O4. The Morgan fingerprint density at radius 2 is 1.74 bits per heavy atom. The second-order valence-electron chi connectivity index (χ2n) is 8.51. The molecule has 4 aromatic rings. The molecule has 0 saturated heterocycles. The van der Waals surface area contributed by atoms with Crippen LogP contribution in [0.5, 0.6) is 5.75 Å². The summed E-state index contributed by atoms with van der Waals surface area (Å²) < 4.78 is 6.22. The first-order chi connectivity index (χ1) is 16.8. The summed E-state index contributed by atoms with van der Waals surface area (Å²) in [5.74, 6) is -0.980. The van der Waals surface area contributed by atoms with E-state index in [1.165, 1.54) is 7.11 Å². The van der Waals surface area contributed by atoms with Crippen molar-refractivity contribution in [1.82, 2.24) is 10.3 Å². The van der Waals surface area contributed by atoms with E-state index in [4.69, 9.17) is 9.72 Å². The largest absolute Gasteiger partial charge is 0.496 e. The molecule has 0 aliphatic rings. The van der Waals surface area contributed by atoms with E-state index in [0.29, 0.717) is 39.0 Å². The molecule has 0 aliphatic carbocycles. The topological polar surface area (TPSA) is 88.5 Å². The fourth-order valence-corrected chi connectivity index (χ4v) is 4.59. The van der Waals surface area contributed by atoms with Gasteiger partial charge in [0.05, 0.1) is 23.9 Å². The number of aliphatic carboxylic acids is 1. The molecule has 1 aromatic heterocycles. The minimum absolute atomic E-state index is 0.126. The van der Waals surface area contributed by atoms with Crippen LogP contribution in [0.2, 0.25) is 0 Å². The lowest BCUT2D eigenvalue weighted by Gasteiger charge is -2.27. The van der Waals surface area contributed by atoms with Crippen molar-refractivity contribution >= 4 is 38.7 Å². The first kappa shape index (κ1) is 24.4. The zero-order valence-corrected chi connectivity index (χ0v) is 21.2. The summed E-state index contributed by atoms with van der Waals surface area (Å²) in [6.45, 7) is 3.32. The number of benzene rings is 3. The summed E-state index contributed by atoms with van der Waals surface area (Å²) in [7, 11) is 1.50. The van der Waals surface area contributed by atoms with Crippen LogP contribution in [0.1, 0.15) is 28.4 Å². The summed E-state index contributed by atoms with van der Waals surface area (Å²) in [5.41, 5.74) is 2.54. The van der Waals surface area contributed by atoms with Gasteiger partial charge < -0.3 is 15.2 Å². The first-order valence-corrected chi connectivity index (χ1v) is 11.9. The molecule has 0 aliphatic heterocycles. The second-order valence-corrected chi connectivity index (χ2v) is 9.42. The molecule has 7 heteroatoms. The maximum absolute atomic E-state index is 13.7. The monoisotopic (exact) mass is 532 g/mol. The van der Waals surface area contributed by atoms with E-state index in [2.05, 4.69) is 21.2 Å². The number of fused-ring (bicyclic) bond motifs is 1. The number of nitrogens with one attached hydrogen (secondary N) is 1. The molecule has 4 rings (SSSR count). The number of halogens is 1. The Balaban J connectivity index is 1.79. The van der Waals surface area contributed by atoms with E-state index < -0.39 is 11.4 Å². The predicted molar refractivity (Wildman–Crippen MR) is 140 cm³/mol. The van der Waals surface area contributed by atoms with Gasteiger partial charge in [-0.1, -0.05) is 64.5 Å². The smallest absolute Gasteiger partial charge is 0.315 e. The van der Waals surface area contributed by atoms with Gasteiger partial charge in [0.2, 0.25) is 0 Å². The number of hydrogen-bond donors (Lipinski definition) is 2. The van der Waals surface area contributed by atoms with Gasteiger partial charge in [0, 0.05) is 27.5 Å². The molecule has 0 bridgehead atoms. The molecule has 1 atom stereocenters. The molecule has 178 valence electrons. The van der Waals surface area contributed by atoms with Crippen LogP contribution in [-0.2, 0) is 10.2 Å². The van der Waals surface area contributed by atoms with Crippen molar-refractivity contribution in [1.29, 1.82) is 0 Å². The van der Waals surface area contributed by atoms with Gasteiger partial charge in [0.1, 0.15) is 11.2 Å². The molecule has 0 radical (unpaired) electrons. The number of aromatic nitrogens is 1. The fourth-order valence-electron chi connectivity index (χ4n) is 4.23. The molecular weight excluding hydrogens is 508 g/mol. The third-order valence-corrected chi connectivity index (χ3v) is 6.73. The van der Waals surface area contributed by atoms with Gasteiger partial charge in [-0.3, -0.25) is 9.59 Å². The van der Waals surface area contributed by atoms with Crippen molar-refractivity contribution in [3.63, 3.8) is 0 Å². The summed E-state index contributed by atoms with van der Waals surface area (Å²) in [6.07, 6.45) is 0. The lowest BCUT2D eigenvalue weighted by molar-refractivity contribution is -0.143. The van der Waals surface area contributed by atoms with Gasteiger partial charge in [-0.15, -0.1) is 0 Å². The van der Waals surface area contributed by atoms with E-state index in [9.17, 15) is 14.7 Å². The quantitative estimate of drug-likeness (QED) is 0.316. The van der Waals surface area contributed by atoms with Crippen molar-refractivity contribution in [3.8, 4) is 17.0 Å². The van der Waals surface area contributed by atoms with Gasteiger partial charge >= 0.3 is 5.97 Å². The average molecular weight is 533 g/mol. The Labute approximate surface area is 212 Å². The highest BCUT2D eigenvalue weighted by Crippen LogP contribution is 2.33. The minimum atomic E-state index is -1.40. The highest BCUT2D eigenvalue weighted by molar-refractivity contribution is 9.10. The number of hydrogen-bond acceptors (Lipinski definition) is 4. The lowest BCUT2D eigenvalue weighted by Crippen LogP contribution is -2.44. The molecule has 1 amide bonds. The maximum atomic E-state index is 13.7. The Morgan fingerprint density at radius 1 is 1.06 bits per heavy atom. The van der Waals surface area contributed by atoms with Crippen molar-refractivity contribution in [2.75, 3.05) is 13.7 Å². The van der Waals surface area contributed by atoms with Crippen LogP contribution in [0.4, 0.5) is 0 Å². The Kier molecular flexibility index (Phi) is 6.89. The van der Waals surface area contributed by atoms with E-state index in [1.807, 2.05) is 55.5 Å². The number of para-hydroxylation sites is 1. The number of amides is 1. The normalized spacial score (nSPS) is 12.7. The molecule has 2 N–H and O–H groups in total. The zero-order chi connectivity index (χ0) is 25.2. The van der Waals surface area contributed by atoms with Crippen molar-refractivity contribution in [2.45, 2.75) is 19.3 Å². The van der Waals surface area contributed by atoms with Crippen molar-refractivity contribution in [2.24, 2.45) is 0 Å². The van der Waals surface area contributed by atoms with Crippen molar-refractivity contribution in [3.05, 3.63) is 94.0 Å². The van der Waals surface area contributed by atoms with Gasteiger partial charge in [0.15, 0.2) is 0 Å². The number of carboxylic acids is 1. The molecule has 0 fully saturated rings. The third-order valence-electron chi connectivity index (χ3n) is 6.24. The van der Waals surface area contributed by atoms with Crippen LogP contribution < -0.4 is 10.1 Å². The van der Waals surface area contributed by atoms with E-state index in [-0.39, 0.29) is 12.5 Å². The van der Waals surface area contributed by atoms with Crippen LogP contribution in [0.25, 0.3) is 22.2 Å². The molecule has 35 heavy (non-hydrogen) atoms. The van der Waals surface area contributed by atoms with Crippen LogP contribution in [0, 0.1) is 6.92 Å². The van der Waals surface area contributed by atoms with Crippen LogP contribution in [0.15, 0.2) is 77.3 Å². The summed E-state index contributed by atoms with van der Waals surface area (Å²) in [6, 6.07) is 22.2. The number of carbonyl (C=O) groups excluding carboxylic acids is 1. The van der Waals surface area contributed by atoms with Gasteiger partial charge in [0.25, 0.3) is 5.91 Å². The van der Waals surface area contributed by atoms with Gasteiger partial charge in [-0.25, -0.2) is 4.98 Å².